The quantitative estimate of drug-likeness (QED) is 0.760. The third-order valence-electron chi connectivity index (χ3n) is 2.10. The average Bonchev–Trinajstić information content (AvgIpc) is 2.21. The number of esters is 1. The number of amides is 1. The number of nitrogens with one attached hydrogen (secondary N) is 1. The van der Waals surface area contributed by atoms with Gasteiger partial charge in [-0.3, -0.25) is 9.59 Å². The van der Waals surface area contributed by atoms with Gasteiger partial charge < -0.3 is 10.1 Å². The van der Waals surface area contributed by atoms with Crippen LogP contribution in [0.5, 0.6) is 0 Å². The molecule has 0 unspecified atom stereocenters. The van der Waals surface area contributed by atoms with Crippen molar-refractivity contribution in [3.05, 3.63) is 0 Å². The number of alkyl halides is 3. The first kappa shape index (κ1) is 15.7. The predicted octanol–water partition coefficient (Wildman–Crippen LogP) is 1.64. The van der Waals surface area contributed by atoms with Gasteiger partial charge in [0.05, 0.1) is 18.9 Å². The van der Waals surface area contributed by atoms with E-state index in [-0.39, 0.29) is 6.54 Å². The molecular formula is C10H16F3NO3. The molecule has 0 atom stereocenters. The summed E-state index contributed by atoms with van der Waals surface area (Å²) in [6, 6.07) is 0. The first-order chi connectivity index (χ1) is 7.58. The molecule has 0 rings (SSSR count). The van der Waals surface area contributed by atoms with Crippen LogP contribution in [0.1, 0.15) is 26.7 Å². The predicted molar refractivity (Wildman–Crippen MR) is 54.1 cm³/mol. The van der Waals surface area contributed by atoms with E-state index in [1.807, 2.05) is 0 Å². The Balaban J connectivity index is 4.04. The Labute approximate surface area is 97.5 Å². The molecule has 17 heavy (non-hydrogen) atoms. The third-order valence-corrected chi connectivity index (χ3v) is 2.10. The molecule has 0 fully saturated rings. The molecule has 0 aromatic carbocycles. The zero-order valence-corrected chi connectivity index (χ0v) is 9.98. The highest BCUT2D eigenvalue weighted by Gasteiger charge is 2.31. The first-order valence-electron chi connectivity index (χ1n) is 5.00. The smallest absolute Gasteiger partial charge is 0.389 e. The Morgan fingerprint density at radius 2 is 1.76 bits per heavy atom. The average molecular weight is 255 g/mol. The van der Waals surface area contributed by atoms with Gasteiger partial charge in [-0.25, -0.2) is 0 Å². The van der Waals surface area contributed by atoms with Crippen LogP contribution in [0.25, 0.3) is 0 Å². The summed E-state index contributed by atoms with van der Waals surface area (Å²) in [4.78, 5) is 22.3. The van der Waals surface area contributed by atoms with Crippen molar-refractivity contribution in [1.82, 2.24) is 5.32 Å². The molecule has 0 aliphatic heterocycles. The summed E-state index contributed by atoms with van der Waals surface area (Å²) >= 11 is 0. The maximum Gasteiger partial charge on any atom is 0.389 e. The molecule has 1 N–H and O–H groups in total. The van der Waals surface area contributed by atoms with Crippen LogP contribution in [0.15, 0.2) is 0 Å². The summed E-state index contributed by atoms with van der Waals surface area (Å²) in [5, 5.41) is 2.27. The molecule has 0 saturated heterocycles. The van der Waals surface area contributed by atoms with Crippen LogP contribution in [0.3, 0.4) is 0 Å². The van der Waals surface area contributed by atoms with Gasteiger partial charge in [0.2, 0.25) is 5.91 Å². The fraction of sp³-hybridized carbons (Fsp3) is 0.800. The number of halogens is 3. The molecule has 1 amide bonds. The lowest BCUT2D eigenvalue weighted by Crippen LogP contribution is -2.39. The SMILES string of the molecule is COC(=O)C(C)(C)CNC(=O)CCC(F)(F)F. The summed E-state index contributed by atoms with van der Waals surface area (Å²) < 4.78 is 39.9. The van der Waals surface area contributed by atoms with Crippen molar-refractivity contribution in [3.63, 3.8) is 0 Å². The van der Waals surface area contributed by atoms with Gasteiger partial charge >= 0.3 is 12.1 Å². The number of hydrogen-bond donors (Lipinski definition) is 1. The highest BCUT2D eigenvalue weighted by molar-refractivity contribution is 5.79. The van der Waals surface area contributed by atoms with Gasteiger partial charge in [0.15, 0.2) is 0 Å². The van der Waals surface area contributed by atoms with E-state index in [1.165, 1.54) is 21.0 Å². The van der Waals surface area contributed by atoms with E-state index >= 15 is 0 Å². The summed E-state index contributed by atoms with van der Waals surface area (Å²) in [5.74, 6) is -1.27. The van der Waals surface area contributed by atoms with Gasteiger partial charge in [0.25, 0.3) is 0 Å². The molecule has 0 radical (unpaired) electrons. The molecule has 0 aromatic heterocycles. The molecule has 7 heteroatoms. The van der Waals surface area contributed by atoms with Crippen LogP contribution in [-0.2, 0) is 14.3 Å². The molecule has 0 heterocycles. The van der Waals surface area contributed by atoms with Crippen molar-refractivity contribution in [2.75, 3.05) is 13.7 Å². The monoisotopic (exact) mass is 255 g/mol. The molecule has 0 spiro atoms. The van der Waals surface area contributed by atoms with Gasteiger partial charge in [0, 0.05) is 13.0 Å². The topological polar surface area (TPSA) is 55.4 Å². The van der Waals surface area contributed by atoms with Gasteiger partial charge in [-0.15, -0.1) is 0 Å². The molecule has 0 aromatic rings. The largest absolute Gasteiger partial charge is 0.469 e. The van der Waals surface area contributed by atoms with Crippen molar-refractivity contribution in [1.29, 1.82) is 0 Å². The summed E-state index contributed by atoms with van der Waals surface area (Å²) in [7, 11) is 1.20. The van der Waals surface area contributed by atoms with Crippen molar-refractivity contribution in [2.45, 2.75) is 32.9 Å². The Morgan fingerprint density at radius 1 is 1.24 bits per heavy atom. The first-order valence-corrected chi connectivity index (χ1v) is 5.00. The van der Waals surface area contributed by atoms with E-state index in [0.29, 0.717) is 0 Å². The number of rotatable bonds is 5. The molecule has 0 saturated carbocycles. The molecule has 0 bridgehead atoms. The summed E-state index contributed by atoms with van der Waals surface area (Å²) in [5.41, 5.74) is -0.956. The summed E-state index contributed by atoms with van der Waals surface area (Å²) in [6.45, 7) is 3.00. The lowest BCUT2D eigenvalue weighted by Gasteiger charge is -2.21. The lowest BCUT2D eigenvalue weighted by molar-refractivity contribution is -0.151. The van der Waals surface area contributed by atoms with E-state index in [4.69, 9.17) is 0 Å². The second-order valence-corrected chi connectivity index (χ2v) is 4.27. The minimum Gasteiger partial charge on any atom is -0.469 e. The molecule has 0 aliphatic carbocycles. The Bertz CT molecular complexity index is 287. The maximum absolute atomic E-state index is 11.8. The van der Waals surface area contributed by atoms with Crippen LogP contribution in [-0.4, -0.2) is 31.7 Å². The van der Waals surface area contributed by atoms with Gasteiger partial charge in [-0.2, -0.15) is 13.2 Å². The van der Waals surface area contributed by atoms with E-state index < -0.39 is 36.3 Å². The molecule has 100 valence electrons. The number of hydrogen-bond acceptors (Lipinski definition) is 3. The number of carbonyl (C=O) groups is 2. The number of ether oxygens (including phenoxy) is 1. The van der Waals surface area contributed by atoms with Gasteiger partial charge in [-0.05, 0) is 13.8 Å². The second kappa shape index (κ2) is 5.88. The fourth-order valence-corrected chi connectivity index (χ4v) is 1.01. The highest BCUT2D eigenvalue weighted by Crippen LogP contribution is 2.21. The van der Waals surface area contributed by atoms with Crippen molar-refractivity contribution < 1.29 is 27.5 Å². The summed E-state index contributed by atoms with van der Waals surface area (Å²) in [6.07, 6.45) is -6.16. The molecule has 0 aliphatic rings. The highest BCUT2D eigenvalue weighted by atomic mass is 19.4. The normalized spacial score (nSPS) is 12.1. The minimum atomic E-state index is -4.35. The number of carbonyl (C=O) groups excluding carboxylic acids is 2. The third kappa shape index (κ3) is 6.80. The number of methoxy groups -OCH3 is 1. The Morgan fingerprint density at radius 3 is 2.18 bits per heavy atom. The second-order valence-electron chi connectivity index (χ2n) is 4.27. The van der Waals surface area contributed by atoms with E-state index in [2.05, 4.69) is 10.1 Å². The lowest BCUT2D eigenvalue weighted by atomic mass is 9.94. The van der Waals surface area contributed by atoms with E-state index in [9.17, 15) is 22.8 Å². The van der Waals surface area contributed by atoms with E-state index in [0.717, 1.165) is 0 Å². The maximum atomic E-state index is 11.8. The van der Waals surface area contributed by atoms with Crippen LogP contribution >= 0.6 is 0 Å². The zero-order chi connectivity index (χ0) is 13.7. The molecular weight excluding hydrogens is 239 g/mol. The van der Waals surface area contributed by atoms with Crippen molar-refractivity contribution in [3.8, 4) is 0 Å². The van der Waals surface area contributed by atoms with E-state index in [1.54, 1.807) is 0 Å². The zero-order valence-electron chi connectivity index (χ0n) is 9.98. The minimum absolute atomic E-state index is 0.0592. The van der Waals surface area contributed by atoms with Crippen molar-refractivity contribution >= 4 is 11.9 Å². The van der Waals surface area contributed by atoms with Crippen molar-refractivity contribution in [2.24, 2.45) is 5.41 Å². The van der Waals surface area contributed by atoms with Crippen LogP contribution in [0.4, 0.5) is 13.2 Å². The van der Waals surface area contributed by atoms with Crippen LogP contribution in [0.2, 0.25) is 0 Å². The van der Waals surface area contributed by atoms with Crippen LogP contribution < -0.4 is 5.32 Å². The van der Waals surface area contributed by atoms with Gasteiger partial charge in [-0.1, -0.05) is 0 Å². The fourth-order valence-electron chi connectivity index (χ4n) is 1.01. The van der Waals surface area contributed by atoms with Crippen LogP contribution in [0, 0.1) is 5.41 Å². The Hall–Kier alpha value is -1.27. The standard InChI is InChI=1S/C10H16F3NO3/c1-9(2,8(16)17-3)6-14-7(15)4-5-10(11,12)13/h4-6H2,1-3H3,(H,14,15). The Kier molecular flexibility index (Phi) is 5.44. The molecule has 4 nitrogen and oxygen atoms in total. The van der Waals surface area contributed by atoms with Gasteiger partial charge in [0.1, 0.15) is 0 Å².